The summed E-state index contributed by atoms with van der Waals surface area (Å²) in [6.07, 6.45) is 4.35. The van der Waals surface area contributed by atoms with Crippen LogP contribution in [0, 0.1) is 10.1 Å². The molecular weight excluding hydrogens is 366 g/mol. The second-order valence-electron chi connectivity index (χ2n) is 6.84. The van der Waals surface area contributed by atoms with Gasteiger partial charge in [-0.3, -0.25) is 19.9 Å². The molecule has 1 aromatic heterocycles. The predicted octanol–water partition coefficient (Wildman–Crippen LogP) is 4.32. The number of nitrogens with zero attached hydrogens (tertiary/aromatic N) is 3. The molecule has 0 fully saturated rings. The molecule has 0 unspecified atom stereocenters. The van der Waals surface area contributed by atoms with Crippen molar-refractivity contribution in [2.45, 2.75) is 32.9 Å². The largest absolute Gasteiger partial charge is 0.334 e. The van der Waals surface area contributed by atoms with Crippen molar-refractivity contribution in [1.29, 1.82) is 0 Å². The summed E-state index contributed by atoms with van der Waals surface area (Å²) in [7, 11) is 0. The fourth-order valence-corrected chi connectivity index (χ4v) is 3.16. The number of carbonyl (C=O) groups is 1. The quantitative estimate of drug-likeness (QED) is 0.425. The highest BCUT2D eigenvalue weighted by Gasteiger charge is 2.20. The Morgan fingerprint density at radius 2 is 1.66 bits per heavy atom. The molecule has 148 valence electrons. The summed E-state index contributed by atoms with van der Waals surface area (Å²) in [6, 6.07) is 18.3. The normalized spacial score (nSPS) is 10.5. The van der Waals surface area contributed by atoms with Gasteiger partial charge >= 0.3 is 0 Å². The van der Waals surface area contributed by atoms with E-state index in [4.69, 9.17) is 0 Å². The fraction of sp³-hybridized carbons (Fsp3) is 0.217. The first-order valence-electron chi connectivity index (χ1n) is 9.53. The van der Waals surface area contributed by atoms with Gasteiger partial charge in [-0.15, -0.1) is 0 Å². The van der Waals surface area contributed by atoms with Crippen molar-refractivity contribution in [3.8, 4) is 0 Å². The van der Waals surface area contributed by atoms with E-state index in [1.807, 2.05) is 24.3 Å². The highest BCUT2D eigenvalue weighted by atomic mass is 16.6. The number of benzene rings is 2. The molecule has 0 saturated carbocycles. The van der Waals surface area contributed by atoms with Crippen LogP contribution in [-0.2, 0) is 30.7 Å². The number of amides is 1. The second-order valence-corrected chi connectivity index (χ2v) is 6.84. The van der Waals surface area contributed by atoms with Crippen molar-refractivity contribution in [1.82, 2.24) is 9.88 Å². The maximum atomic E-state index is 13.1. The van der Waals surface area contributed by atoms with Crippen molar-refractivity contribution in [2.24, 2.45) is 0 Å². The van der Waals surface area contributed by atoms with Crippen LogP contribution in [0.5, 0.6) is 0 Å². The zero-order valence-electron chi connectivity index (χ0n) is 16.3. The molecule has 3 rings (SSSR count). The molecule has 0 N–H and O–H groups in total. The third-order valence-electron chi connectivity index (χ3n) is 4.78. The molecule has 0 spiro atoms. The lowest BCUT2D eigenvalue weighted by Crippen LogP contribution is -2.31. The standard InChI is InChI=1S/C23H23N3O3/c1-2-18-9-11-19(12-10-18)16-25(17-20-6-5-13-24-15-20)23(27)14-21-7-3-4-8-22(21)26(28)29/h3-13,15H,2,14,16-17H2,1H3. The lowest BCUT2D eigenvalue weighted by Gasteiger charge is -2.23. The molecule has 1 amide bonds. The number of nitro benzene ring substituents is 1. The van der Waals surface area contributed by atoms with E-state index >= 15 is 0 Å². The van der Waals surface area contributed by atoms with E-state index in [0.29, 0.717) is 18.7 Å². The number of hydrogen-bond acceptors (Lipinski definition) is 4. The number of rotatable bonds is 8. The number of hydrogen-bond donors (Lipinski definition) is 0. The summed E-state index contributed by atoms with van der Waals surface area (Å²) in [5, 5.41) is 11.3. The van der Waals surface area contributed by atoms with Gasteiger partial charge in [0.1, 0.15) is 0 Å². The van der Waals surface area contributed by atoms with Gasteiger partial charge in [0.25, 0.3) is 5.69 Å². The van der Waals surface area contributed by atoms with Gasteiger partial charge in [0.2, 0.25) is 5.91 Å². The van der Waals surface area contributed by atoms with Gasteiger partial charge in [0.05, 0.1) is 11.3 Å². The number of para-hydroxylation sites is 1. The first-order chi connectivity index (χ1) is 14.1. The molecule has 0 aliphatic rings. The third-order valence-corrected chi connectivity index (χ3v) is 4.78. The fourth-order valence-electron chi connectivity index (χ4n) is 3.16. The summed E-state index contributed by atoms with van der Waals surface area (Å²) in [4.78, 5) is 29.8. The topological polar surface area (TPSA) is 76.3 Å². The molecule has 0 atom stereocenters. The number of nitro groups is 1. The third kappa shape index (κ3) is 5.48. The summed E-state index contributed by atoms with van der Waals surface area (Å²) in [5.41, 5.74) is 3.55. The van der Waals surface area contributed by atoms with Crippen molar-refractivity contribution >= 4 is 11.6 Å². The Bertz CT molecular complexity index is 972. The minimum absolute atomic E-state index is 0.0234. The van der Waals surface area contributed by atoms with Gasteiger partial charge < -0.3 is 4.90 Å². The Labute approximate surface area is 170 Å². The number of aryl methyl sites for hydroxylation is 1. The van der Waals surface area contributed by atoms with Crippen molar-refractivity contribution in [3.05, 3.63) is 105 Å². The molecule has 1 heterocycles. The van der Waals surface area contributed by atoms with Gasteiger partial charge in [-0.2, -0.15) is 0 Å². The van der Waals surface area contributed by atoms with E-state index in [-0.39, 0.29) is 18.0 Å². The molecule has 0 aliphatic heterocycles. The zero-order chi connectivity index (χ0) is 20.6. The Balaban J connectivity index is 1.83. The van der Waals surface area contributed by atoms with Crippen LogP contribution in [0.3, 0.4) is 0 Å². The summed E-state index contributed by atoms with van der Waals surface area (Å²) in [5.74, 6) is -0.164. The lowest BCUT2D eigenvalue weighted by molar-refractivity contribution is -0.385. The zero-order valence-corrected chi connectivity index (χ0v) is 16.3. The van der Waals surface area contributed by atoms with E-state index in [1.165, 1.54) is 11.6 Å². The van der Waals surface area contributed by atoms with Crippen LogP contribution in [0.25, 0.3) is 0 Å². The van der Waals surface area contributed by atoms with E-state index < -0.39 is 4.92 Å². The van der Waals surface area contributed by atoms with E-state index in [0.717, 1.165) is 17.5 Å². The van der Waals surface area contributed by atoms with E-state index in [2.05, 4.69) is 24.0 Å². The number of aromatic nitrogens is 1. The molecular formula is C23H23N3O3. The number of carbonyl (C=O) groups excluding carboxylic acids is 1. The molecule has 0 bridgehead atoms. The highest BCUT2D eigenvalue weighted by molar-refractivity contribution is 5.80. The van der Waals surface area contributed by atoms with Crippen LogP contribution in [-0.4, -0.2) is 20.7 Å². The molecule has 6 nitrogen and oxygen atoms in total. The molecule has 0 aliphatic carbocycles. The Morgan fingerprint density at radius 1 is 0.966 bits per heavy atom. The Hall–Kier alpha value is -3.54. The van der Waals surface area contributed by atoms with E-state index in [1.54, 1.807) is 35.5 Å². The van der Waals surface area contributed by atoms with Crippen LogP contribution in [0.2, 0.25) is 0 Å². The average Bonchev–Trinajstić information content (AvgIpc) is 2.74. The minimum atomic E-state index is -0.447. The predicted molar refractivity (Wildman–Crippen MR) is 111 cm³/mol. The van der Waals surface area contributed by atoms with Crippen LogP contribution < -0.4 is 0 Å². The van der Waals surface area contributed by atoms with Crippen molar-refractivity contribution in [3.63, 3.8) is 0 Å². The monoisotopic (exact) mass is 389 g/mol. The van der Waals surface area contributed by atoms with Crippen LogP contribution in [0.15, 0.2) is 73.1 Å². The lowest BCUT2D eigenvalue weighted by atomic mass is 10.1. The summed E-state index contributed by atoms with van der Waals surface area (Å²) < 4.78 is 0. The molecule has 29 heavy (non-hydrogen) atoms. The molecule has 2 aromatic carbocycles. The van der Waals surface area contributed by atoms with Gasteiger partial charge in [0, 0.05) is 37.1 Å². The average molecular weight is 389 g/mol. The second kappa shape index (κ2) is 9.59. The van der Waals surface area contributed by atoms with E-state index in [9.17, 15) is 14.9 Å². The van der Waals surface area contributed by atoms with Crippen LogP contribution >= 0.6 is 0 Å². The van der Waals surface area contributed by atoms with Crippen molar-refractivity contribution in [2.75, 3.05) is 0 Å². The highest BCUT2D eigenvalue weighted by Crippen LogP contribution is 2.20. The summed E-state index contributed by atoms with van der Waals surface area (Å²) in [6.45, 7) is 2.92. The molecule has 3 aromatic rings. The first-order valence-corrected chi connectivity index (χ1v) is 9.53. The Kier molecular flexibility index (Phi) is 6.68. The maximum absolute atomic E-state index is 13.1. The molecule has 0 saturated heterocycles. The van der Waals surface area contributed by atoms with Crippen LogP contribution in [0.1, 0.15) is 29.2 Å². The summed E-state index contributed by atoms with van der Waals surface area (Å²) >= 11 is 0. The molecule has 6 heteroatoms. The van der Waals surface area contributed by atoms with Gasteiger partial charge in [-0.05, 0) is 29.2 Å². The van der Waals surface area contributed by atoms with Crippen LogP contribution in [0.4, 0.5) is 5.69 Å². The SMILES string of the molecule is CCc1ccc(CN(Cc2cccnc2)C(=O)Cc2ccccc2[N+](=O)[O-])cc1. The Morgan fingerprint density at radius 3 is 2.31 bits per heavy atom. The smallest absolute Gasteiger partial charge is 0.273 e. The first kappa shape index (κ1) is 20.2. The minimum Gasteiger partial charge on any atom is -0.334 e. The maximum Gasteiger partial charge on any atom is 0.273 e. The molecule has 0 radical (unpaired) electrons. The van der Waals surface area contributed by atoms with Gasteiger partial charge in [-0.1, -0.05) is 55.5 Å². The van der Waals surface area contributed by atoms with Gasteiger partial charge in [-0.25, -0.2) is 0 Å². The van der Waals surface area contributed by atoms with Crippen molar-refractivity contribution < 1.29 is 9.72 Å². The number of pyridine rings is 1. The van der Waals surface area contributed by atoms with Gasteiger partial charge in [0.15, 0.2) is 0 Å².